The van der Waals surface area contributed by atoms with E-state index in [2.05, 4.69) is 20.8 Å². The molecule has 0 aliphatic carbocycles. The van der Waals surface area contributed by atoms with Crippen molar-refractivity contribution < 1.29 is 4.79 Å². The summed E-state index contributed by atoms with van der Waals surface area (Å²) in [5.74, 6) is 1.38. The predicted octanol–water partition coefficient (Wildman–Crippen LogP) is 3.04. The van der Waals surface area contributed by atoms with Crippen molar-refractivity contribution in [3.63, 3.8) is 0 Å². The van der Waals surface area contributed by atoms with Crippen molar-refractivity contribution in [2.75, 3.05) is 0 Å². The molecule has 0 amide bonds. The van der Waals surface area contributed by atoms with Gasteiger partial charge in [0.15, 0.2) is 0 Å². The van der Waals surface area contributed by atoms with Crippen LogP contribution >= 0.6 is 0 Å². The van der Waals surface area contributed by atoms with Crippen LogP contribution in [-0.2, 0) is 4.79 Å². The molecule has 0 heterocycles. The average Bonchev–Trinajstić information content (AvgIpc) is 2.05. The van der Waals surface area contributed by atoms with Gasteiger partial charge in [-0.1, -0.05) is 40.0 Å². The lowest BCUT2D eigenvalue weighted by atomic mass is 9.84. The molecule has 0 saturated carbocycles. The number of hydrogen-bond donors (Lipinski definition) is 0. The molecule has 0 aliphatic heterocycles. The summed E-state index contributed by atoms with van der Waals surface area (Å²) in [6, 6.07) is 0. The average molecular weight is 156 g/mol. The molecular formula is C10H20O. The first-order chi connectivity index (χ1) is 5.29. The Morgan fingerprint density at radius 2 is 1.45 bits per heavy atom. The fourth-order valence-electron chi connectivity index (χ4n) is 1.77. The monoisotopic (exact) mass is 156 g/mol. The van der Waals surface area contributed by atoms with Gasteiger partial charge in [0.1, 0.15) is 6.29 Å². The van der Waals surface area contributed by atoms with Crippen molar-refractivity contribution in [3.8, 4) is 0 Å². The Morgan fingerprint density at radius 1 is 1.00 bits per heavy atom. The number of hydrogen-bond acceptors (Lipinski definition) is 1. The van der Waals surface area contributed by atoms with Gasteiger partial charge in [-0.3, -0.25) is 0 Å². The Hall–Kier alpha value is -0.330. The van der Waals surface area contributed by atoms with E-state index in [0.29, 0.717) is 5.92 Å². The van der Waals surface area contributed by atoms with Crippen LogP contribution in [0.1, 0.15) is 46.5 Å². The Bertz CT molecular complexity index is 95.0. The molecule has 0 aromatic carbocycles. The zero-order chi connectivity index (χ0) is 8.69. The van der Waals surface area contributed by atoms with Crippen LogP contribution in [0.2, 0.25) is 0 Å². The molecule has 1 nitrogen and oxygen atoms in total. The summed E-state index contributed by atoms with van der Waals surface area (Å²) in [4.78, 5) is 10.3. The Labute approximate surface area is 70.2 Å². The van der Waals surface area contributed by atoms with Crippen molar-refractivity contribution in [2.24, 2.45) is 11.8 Å². The van der Waals surface area contributed by atoms with Crippen LogP contribution in [0.15, 0.2) is 0 Å². The summed E-state index contributed by atoms with van der Waals surface area (Å²) in [5.41, 5.74) is 0. The summed E-state index contributed by atoms with van der Waals surface area (Å²) in [6.07, 6.45) is 5.38. The normalized spacial score (nSPS) is 13.5. The Kier molecular flexibility index (Phi) is 6.19. The van der Waals surface area contributed by atoms with Gasteiger partial charge in [-0.15, -0.1) is 0 Å². The van der Waals surface area contributed by atoms with Crippen molar-refractivity contribution >= 4 is 6.29 Å². The van der Waals surface area contributed by atoms with Gasteiger partial charge in [0.05, 0.1) is 0 Å². The topological polar surface area (TPSA) is 17.1 Å². The maximum atomic E-state index is 10.3. The smallest absolute Gasteiger partial charge is 0.120 e. The second-order valence-electron chi connectivity index (χ2n) is 3.15. The van der Waals surface area contributed by atoms with Crippen molar-refractivity contribution in [2.45, 2.75) is 46.5 Å². The minimum atomic E-state index is 0.627. The third kappa shape index (κ3) is 3.54. The number of aldehydes is 1. The third-order valence-corrected chi connectivity index (χ3v) is 2.64. The predicted molar refractivity (Wildman–Crippen MR) is 48.5 cm³/mol. The van der Waals surface area contributed by atoms with Crippen LogP contribution in [0.3, 0.4) is 0 Å². The highest BCUT2D eigenvalue weighted by Crippen LogP contribution is 2.24. The Balaban J connectivity index is 3.85. The van der Waals surface area contributed by atoms with Gasteiger partial charge in [-0.05, 0) is 11.8 Å². The lowest BCUT2D eigenvalue weighted by molar-refractivity contribution is -0.109. The summed E-state index contributed by atoms with van der Waals surface area (Å²) in [5, 5.41) is 0. The Morgan fingerprint density at radius 3 is 1.73 bits per heavy atom. The number of rotatable bonds is 6. The van der Waals surface area contributed by atoms with Gasteiger partial charge in [0.2, 0.25) is 0 Å². The first kappa shape index (κ1) is 10.7. The molecule has 0 rings (SSSR count). The van der Waals surface area contributed by atoms with Crippen LogP contribution < -0.4 is 0 Å². The molecule has 0 spiro atoms. The number of carbonyl (C=O) groups is 1. The second-order valence-corrected chi connectivity index (χ2v) is 3.15. The fraction of sp³-hybridized carbons (Fsp3) is 0.900. The molecule has 0 radical (unpaired) electrons. The third-order valence-electron chi connectivity index (χ3n) is 2.64. The highest BCUT2D eigenvalue weighted by atomic mass is 16.1. The lowest BCUT2D eigenvalue weighted by Crippen LogP contribution is -2.12. The van der Waals surface area contributed by atoms with Crippen LogP contribution in [0, 0.1) is 11.8 Å². The standard InChI is InChI=1S/C10H20O/c1-4-9(5-2)10(6-3)7-8-11/h8-10H,4-7H2,1-3H3. The molecule has 0 aliphatic rings. The van der Waals surface area contributed by atoms with E-state index in [0.717, 1.165) is 25.0 Å². The van der Waals surface area contributed by atoms with Gasteiger partial charge in [0, 0.05) is 6.42 Å². The molecule has 0 aromatic rings. The van der Waals surface area contributed by atoms with Gasteiger partial charge in [-0.25, -0.2) is 0 Å². The van der Waals surface area contributed by atoms with Crippen LogP contribution in [-0.4, -0.2) is 6.29 Å². The van der Waals surface area contributed by atoms with Gasteiger partial charge in [-0.2, -0.15) is 0 Å². The van der Waals surface area contributed by atoms with Gasteiger partial charge >= 0.3 is 0 Å². The largest absolute Gasteiger partial charge is 0.303 e. The fourth-order valence-corrected chi connectivity index (χ4v) is 1.77. The van der Waals surface area contributed by atoms with Gasteiger partial charge < -0.3 is 4.79 Å². The molecule has 66 valence electrons. The quantitative estimate of drug-likeness (QED) is 0.540. The minimum Gasteiger partial charge on any atom is -0.303 e. The molecule has 0 bridgehead atoms. The zero-order valence-corrected chi connectivity index (χ0v) is 7.97. The van der Waals surface area contributed by atoms with Crippen molar-refractivity contribution in [1.29, 1.82) is 0 Å². The van der Waals surface area contributed by atoms with E-state index in [-0.39, 0.29) is 0 Å². The molecule has 0 N–H and O–H groups in total. The van der Waals surface area contributed by atoms with Crippen LogP contribution in [0.4, 0.5) is 0 Å². The SMILES string of the molecule is CCC(CC)C(CC)CC=O. The first-order valence-corrected chi connectivity index (χ1v) is 4.73. The molecule has 0 saturated heterocycles. The minimum absolute atomic E-state index is 0.627. The van der Waals surface area contributed by atoms with E-state index in [1.165, 1.54) is 12.8 Å². The molecule has 0 fully saturated rings. The molecule has 11 heavy (non-hydrogen) atoms. The van der Waals surface area contributed by atoms with E-state index < -0.39 is 0 Å². The molecule has 0 aromatic heterocycles. The van der Waals surface area contributed by atoms with Crippen LogP contribution in [0.25, 0.3) is 0 Å². The summed E-state index contributed by atoms with van der Waals surface area (Å²) in [6.45, 7) is 6.59. The van der Waals surface area contributed by atoms with E-state index >= 15 is 0 Å². The van der Waals surface area contributed by atoms with E-state index in [9.17, 15) is 4.79 Å². The summed E-state index contributed by atoms with van der Waals surface area (Å²) < 4.78 is 0. The van der Waals surface area contributed by atoms with E-state index in [4.69, 9.17) is 0 Å². The lowest BCUT2D eigenvalue weighted by Gasteiger charge is -2.21. The molecule has 1 atom stereocenters. The number of carbonyl (C=O) groups excluding carboxylic acids is 1. The molecule has 1 heteroatoms. The van der Waals surface area contributed by atoms with E-state index in [1.54, 1.807) is 0 Å². The summed E-state index contributed by atoms with van der Waals surface area (Å²) >= 11 is 0. The highest BCUT2D eigenvalue weighted by Gasteiger charge is 2.15. The van der Waals surface area contributed by atoms with Gasteiger partial charge in [0.25, 0.3) is 0 Å². The molecule has 1 unspecified atom stereocenters. The maximum Gasteiger partial charge on any atom is 0.120 e. The summed E-state index contributed by atoms with van der Waals surface area (Å²) in [7, 11) is 0. The second kappa shape index (κ2) is 6.38. The maximum absolute atomic E-state index is 10.3. The molecular weight excluding hydrogens is 136 g/mol. The van der Waals surface area contributed by atoms with Crippen molar-refractivity contribution in [3.05, 3.63) is 0 Å². The van der Waals surface area contributed by atoms with Crippen LogP contribution in [0.5, 0.6) is 0 Å². The van der Waals surface area contributed by atoms with E-state index in [1.807, 2.05) is 0 Å². The zero-order valence-electron chi connectivity index (χ0n) is 7.97. The first-order valence-electron chi connectivity index (χ1n) is 4.73. The highest BCUT2D eigenvalue weighted by molar-refractivity contribution is 5.49. The van der Waals surface area contributed by atoms with Crippen molar-refractivity contribution in [1.82, 2.24) is 0 Å².